The summed E-state index contributed by atoms with van der Waals surface area (Å²) in [7, 11) is 0. The smallest absolute Gasteiger partial charge is 0.339 e. The van der Waals surface area contributed by atoms with Crippen LogP contribution < -0.4 is 10.4 Å². The molecule has 2 heterocycles. The lowest BCUT2D eigenvalue weighted by atomic mass is 9.90. The molecule has 40 heavy (non-hydrogen) atoms. The predicted octanol–water partition coefficient (Wildman–Crippen LogP) is 2.44. The van der Waals surface area contributed by atoms with E-state index in [-0.39, 0.29) is 12.4 Å². The van der Waals surface area contributed by atoms with E-state index in [0.717, 1.165) is 39.2 Å². The van der Waals surface area contributed by atoms with Crippen molar-refractivity contribution in [1.82, 2.24) is 0 Å². The molecule has 1 aliphatic heterocycles. The van der Waals surface area contributed by atoms with Gasteiger partial charge in [-0.15, -0.1) is 0 Å². The molecule has 4 rings (SSSR count). The van der Waals surface area contributed by atoms with Crippen LogP contribution in [0.2, 0.25) is 0 Å². The Hall–Kier alpha value is -3.93. The van der Waals surface area contributed by atoms with Gasteiger partial charge in [0.25, 0.3) is 0 Å². The van der Waals surface area contributed by atoms with Gasteiger partial charge in [0.05, 0.1) is 5.39 Å². The van der Waals surface area contributed by atoms with Gasteiger partial charge in [0.15, 0.2) is 12.2 Å². The van der Waals surface area contributed by atoms with Crippen molar-refractivity contribution in [2.24, 2.45) is 0 Å². The summed E-state index contributed by atoms with van der Waals surface area (Å²) in [5.74, 6) is -2.55. The van der Waals surface area contributed by atoms with Crippen LogP contribution in [0.15, 0.2) is 21.3 Å². The molecule has 1 fully saturated rings. The molecule has 0 spiro atoms. The predicted molar refractivity (Wildman–Crippen MR) is 136 cm³/mol. The van der Waals surface area contributed by atoms with Crippen LogP contribution >= 0.6 is 0 Å². The standard InChI is InChI=1S/C28H32O12/c1-13-10-20-23(18-8-6-7-9-19(18)27(33)38-20)21(11-13)39-28-26(37-17(5)32)25(36-16(4)31)24(35-15(3)30)22(40-28)12-34-14(2)29/h10-11,22,24-26,28H,6-9,12H2,1-5H3/t22-,24+,25+,26-,28+/m1/s1. The third kappa shape index (κ3) is 6.44. The number of carbonyl (C=O) groups excluding carboxylic acids is 4. The van der Waals surface area contributed by atoms with E-state index < -0.39 is 60.2 Å². The average molecular weight is 561 g/mol. The molecule has 216 valence electrons. The number of hydrogen-bond donors (Lipinski definition) is 0. The first-order valence-electron chi connectivity index (χ1n) is 13.0. The summed E-state index contributed by atoms with van der Waals surface area (Å²) < 4.78 is 39.6. The van der Waals surface area contributed by atoms with Crippen LogP contribution in [0.3, 0.4) is 0 Å². The van der Waals surface area contributed by atoms with Crippen LogP contribution in [0.1, 0.15) is 57.2 Å². The normalized spacial score (nSPS) is 24.0. The van der Waals surface area contributed by atoms with Crippen molar-refractivity contribution >= 4 is 34.8 Å². The Morgan fingerprint density at radius 1 is 0.825 bits per heavy atom. The summed E-state index contributed by atoms with van der Waals surface area (Å²) in [4.78, 5) is 60.5. The molecule has 12 nitrogen and oxygen atoms in total. The van der Waals surface area contributed by atoms with Crippen LogP contribution in [0.5, 0.6) is 5.75 Å². The van der Waals surface area contributed by atoms with Crippen LogP contribution in [-0.2, 0) is 55.7 Å². The second-order valence-electron chi connectivity index (χ2n) is 9.88. The maximum atomic E-state index is 12.7. The van der Waals surface area contributed by atoms with Gasteiger partial charge in [0.2, 0.25) is 12.4 Å². The molecule has 0 saturated carbocycles. The van der Waals surface area contributed by atoms with Crippen molar-refractivity contribution in [3.8, 4) is 5.75 Å². The zero-order valence-corrected chi connectivity index (χ0v) is 23.0. The lowest BCUT2D eigenvalue weighted by Crippen LogP contribution is -2.63. The lowest BCUT2D eigenvalue weighted by Gasteiger charge is -2.44. The van der Waals surface area contributed by atoms with Crippen LogP contribution in [0.4, 0.5) is 0 Å². The monoisotopic (exact) mass is 560 g/mol. The molecule has 1 aliphatic carbocycles. The van der Waals surface area contributed by atoms with Crippen molar-refractivity contribution in [3.05, 3.63) is 39.2 Å². The number of fused-ring (bicyclic) bond motifs is 3. The number of benzene rings is 1. The third-order valence-electron chi connectivity index (χ3n) is 6.62. The fourth-order valence-electron chi connectivity index (χ4n) is 5.17. The maximum absolute atomic E-state index is 12.7. The van der Waals surface area contributed by atoms with E-state index >= 15 is 0 Å². The molecule has 0 amide bonds. The third-order valence-corrected chi connectivity index (χ3v) is 6.62. The molecule has 0 radical (unpaired) electrons. The van der Waals surface area contributed by atoms with Gasteiger partial charge in [-0.25, -0.2) is 4.79 Å². The van der Waals surface area contributed by atoms with Crippen molar-refractivity contribution in [2.45, 2.75) is 91.0 Å². The molecule has 1 aromatic carbocycles. The summed E-state index contributed by atoms with van der Waals surface area (Å²) in [5.41, 5.74) is 2.02. The highest BCUT2D eigenvalue weighted by atomic mass is 16.7. The Labute approximate surface area is 229 Å². The fourth-order valence-corrected chi connectivity index (χ4v) is 5.17. The summed E-state index contributed by atoms with van der Waals surface area (Å²) in [5, 5.41) is 0.577. The number of ether oxygens (including phenoxy) is 6. The Kier molecular flexibility index (Phi) is 8.77. The highest BCUT2D eigenvalue weighted by Crippen LogP contribution is 2.37. The van der Waals surface area contributed by atoms with E-state index in [1.54, 1.807) is 19.1 Å². The first-order valence-corrected chi connectivity index (χ1v) is 13.0. The highest BCUT2D eigenvalue weighted by molar-refractivity contribution is 5.88. The van der Waals surface area contributed by atoms with Crippen molar-refractivity contribution in [1.29, 1.82) is 0 Å². The Bertz CT molecular complexity index is 1380. The molecule has 1 saturated heterocycles. The second kappa shape index (κ2) is 12.1. The van der Waals surface area contributed by atoms with E-state index in [1.165, 1.54) is 6.92 Å². The number of esters is 4. The largest absolute Gasteiger partial charge is 0.463 e. The lowest BCUT2D eigenvalue weighted by molar-refractivity contribution is -0.288. The Morgan fingerprint density at radius 3 is 2.05 bits per heavy atom. The minimum absolute atomic E-state index is 0.290. The van der Waals surface area contributed by atoms with Crippen LogP contribution in [-0.4, -0.2) is 61.2 Å². The van der Waals surface area contributed by atoms with Gasteiger partial charge in [0, 0.05) is 33.3 Å². The van der Waals surface area contributed by atoms with Gasteiger partial charge in [-0.1, -0.05) is 0 Å². The summed E-state index contributed by atoms with van der Waals surface area (Å²) in [6.45, 7) is 6.05. The van der Waals surface area contributed by atoms with Gasteiger partial charge in [-0.05, 0) is 55.9 Å². The molecule has 0 bridgehead atoms. The molecule has 0 unspecified atom stereocenters. The molecule has 2 aromatic rings. The van der Waals surface area contributed by atoms with E-state index in [1.807, 2.05) is 0 Å². The van der Waals surface area contributed by atoms with Crippen LogP contribution in [0.25, 0.3) is 11.0 Å². The number of hydrogen-bond acceptors (Lipinski definition) is 12. The first-order chi connectivity index (χ1) is 18.9. The molecular weight excluding hydrogens is 528 g/mol. The molecule has 2 aliphatic rings. The minimum Gasteiger partial charge on any atom is -0.463 e. The second-order valence-corrected chi connectivity index (χ2v) is 9.88. The summed E-state index contributed by atoms with van der Waals surface area (Å²) in [6, 6.07) is 3.46. The molecule has 5 atom stereocenters. The first kappa shape index (κ1) is 29.1. The van der Waals surface area contributed by atoms with E-state index in [2.05, 4.69) is 0 Å². The summed E-state index contributed by atoms with van der Waals surface area (Å²) >= 11 is 0. The number of carbonyl (C=O) groups is 4. The number of rotatable bonds is 7. The molecular formula is C28H32O12. The highest BCUT2D eigenvalue weighted by Gasteiger charge is 2.53. The van der Waals surface area contributed by atoms with E-state index in [0.29, 0.717) is 34.9 Å². The average Bonchev–Trinajstić information content (AvgIpc) is 2.85. The zero-order valence-electron chi connectivity index (χ0n) is 23.0. The van der Waals surface area contributed by atoms with E-state index in [9.17, 15) is 24.0 Å². The molecule has 12 heteroatoms. The quantitative estimate of drug-likeness (QED) is 0.278. The summed E-state index contributed by atoms with van der Waals surface area (Å²) in [6.07, 6.45) is -3.69. The zero-order chi connectivity index (χ0) is 29.1. The van der Waals surface area contributed by atoms with Gasteiger partial charge >= 0.3 is 29.5 Å². The fraction of sp³-hybridized carbons (Fsp3) is 0.536. The van der Waals surface area contributed by atoms with Crippen molar-refractivity contribution in [2.75, 3.05) is 6.61 Å². The minimum atomic E-state index is -1.41. The van der Waals surface area contributed by atoms with Gasteiger partial charge in [0.1, 0.15) is 24.0 Å². The van der Waals surface area contributed by atoms with Gasteiger partial charge in [-0.3, -0.25) is 19.2 Å². The van der Waals surface area contributed by atoms with E-state index in [4.69, 9.17) is 32.8 Å². The Morgan fingerprint density at radius 2 is 1.43 bits per heavy atom. The van der Waals surface area contributed by atoms with Crippen molar-refractivity contribution < 1.29 is 52.0 Å². The van der Waals surface area contributed by atoms with Crippen molar-refractivity contribution in [3.63, 3.8) is 0 Å². The number of aryl methyl sites for hydroxylation is 2. The molecule has 0 N–H and O–H groups in total. The topological polar surface area (TPSA) is 154 Å². The van der Waals surface area contributed by atoms with Gasteiger partial charge < -0.3 is 32.8 Å². The van der Waals surface area contributed by atoms with Gasteiger partial charge in [-0.2, -0.15) is 0 Å². The molecule has 1 aromatic heterocycles. The maximum Gasteiger partial charge on any atom is 0.339 e. The van der Waals surface area contributed by atoms with Crippen LogP contribution in [0, 0.1) is 6.92 Å². The SMILES string of the molecule is CC(=O)OC[C@H]1O[C@H](Oc2cc(C)cc3oc(=O)c4c(c23)CCCC4)[C@H](OC(C)=O)[C@@H](OC(C)=O)[C@H]1OC(C)=O. The Balaban J connectivity index is 1.83.